The molecule has 3 aromatic carbocycles. The topological polar surface area (TPSA) is 9.23 Å². The summed E-state index contributed by atoms with van der Waals surface area (Å²) in [7, 11) is 0. The summed E-state index contributed by atoms with van der Waals surface area (Å²) in [6, 6.07) is 3.66. The molecule has 10 heteroatoms. The predicted molar refractivity (Wildman–Crippen MR) is 103 cm³/mol. The molecule has 174 valence electrons. The van der Waals surface area contributed by atoms with Crippen LogP contribution in [-0.4, -0.2) is 12.8 Å². The molecule has 0 amide bonds. The zero-order chi connectivity index (χ0) is 24.5. The molecule has 0 aliphatic rings. The van der Waals surface area contributed by atoms with Gasteiger partial charge in [0.25, 0.3) is 0 Å². The lowest BCUT2D eigenvalue weighted by Crippen LogP contribution is -2.02. The Morgan fingerprint density at radius 1 is 0.667 bits per heavy atom. The summed E-state index contributed by atoms with van der Waals surface area (Å²) in [6.07, 6.45) is -5.09. The summed E-state index contributed by atoms with van der Waals surface area (Å²) >= 11 is 0. The van der Waals surface area contributed by atoms with E-state index in [2.05, 4.69) is 0 Å². The Hall–Kier alpha value is -3.43. The number of ether oxygens (including phenoxy) is 1. The van der Waals surface area contributed by atoms with E-state index in [1.54, 1.807) is 6.92 Å². The van der Waals surface area contributed by atoms with E-state index in [9.17, 15) is 39.5 Å². The first kappa shape index (κ1) is 24.2. The van der Waals surface area contributed by atoms with Gasteiger partial charge in [-0.05, 0) is 48.4 Å². The summed E-state index contributed by atoms with van der Waals surface area (Å²) in [6.45, 7) is 1.70. The van der Waals surface area contributed by atoms with Crippen LogP contribution in [0, 0.1) is 34.9 Å². The van der Waals surface area contributed by atoms with Crippen molar-refractivity contribution in [2.75, 3.05) is 6.61 Å². The maximum atomic E-state index is 14.7. The van der Waals surface area contributed by atoms with Crippen molar-refractivity contribution in [3.8, 4) is 28.0 Å². The Balaban J connectivity index is 2.07. The summed E-state index contributed by atoms with van der Waals surface area (Å²) in [5.74, 6) is -8.29. The van der Waals surface area contributed by atoms with Crippen LogP contribution >= 0.6 is 0 Å². The molecule has 33 heavy (non-hydrogen) atoms. The minimum atomic E-state index is -4.84. The Morgan fingerprint density at radius 3 is 1.45 bits per heavy atom. The number of halogens is 9. The first-order chi connectivity index (χ1) is 15.4. The number of benzene rings is 3. The van der Waals surface area contributed by atoms with Crippen LogP contribution in [0.4, 0.5) is 39.5 Å². The Kier molecular flexibility index (Phi) is 6.76. The molecule has 3 aromatic rings. The van der Waals surface area contributed by atoms with Crippen molar-refractivity contribution in [1.29, 1.82) is 0 Å². The lowest BCUT2D eigenvalue weighted by atomic mass is 9.97. The molecular weight excluding hydrogens is 463 g/mol. The van der Waals surface area contributed by atoms with Gasteiger partial charge in [-0.15, -0.1) is 0 Å². The highest BCUT2D eigenvalue weighted by Crippen LogP contribution is 2.36. The van der Waals surface area contributed by atoms with Gasteiger partial charge >= 0.3 is 6.18 Å². The predicted octanol–water partition coefficient (Wildman–Crippen LogP) is 7.83. The van der Waals surface area contributed by atoms with E-state index in [0.717, 1.165) is 12.1 Å². The average molecular weight is 476 g/mol. The second-order valence-electron chi connectivity index (χ2n) is 6.74. The first-order valence-corrected chi connectivity index (χ1v) is 9.28. The maximum Gasteiger partial charge on any atom is 0.409 e. The third kappa shape index (κ3) is 5.32. The molecule has 0 aliphatic heterocycles. The van der Waals surface area contributed by atoms with E-state index >= 15 is 0 Å². The minimum absolute atomic E-state index is 0.119. The Labute approximate surface area is 181 Å². The third-order valence-electron chi connectivity index (χ3n) is 4.46. The molecule has 3 rings (SSSR count). The quantitative estimate of drug-likeness (QED) is 0.341. The molecular formula is C23H13F9O. The highest BCUT2D eigenvalue weighted by molar-refractivity contribution is 5.73. The van der Waals surface area contributed by atoms with Crippen LogP contribution < -0.4 is 4.74 Å². The average Bonchev–Trinajstić information content (AvgIpc) is 2.65. The minimum Gasteiger partial charge on any atom is -0.494 e. The van der Waals surface area contributed by atoms with Gasteiger partial charge in [0.2, 0.25) is 0 Å². The van der Waals surface area contributed by atoms with Crippen LogP contribution in [0.1, 0.15) is 12.5 Å². The van der Waals surface area contributed by atoms with Gasteiger partial charge in [-0.1, -0.05) is 0 Å². The molecule has 0 radical (unpaired) electrons. The van der Waals surface area contributed by atoms with E-state index in [-0.39, 0.29) is 18.4 Å². The number of allylic oxidation sites excluding steroid dienone is 1. The molecule has 0 N–H and O–H groups in total. The fourth-order valence-corrected chi connectivity index (χ4v) is 3.13. The van der Waals surface area contributed by atoms with Gasteiger partial charge in [-0.3, -0.25) is 0 Å². The number of alkyl halides is 3. The molecule has 0 atom stereocenters. The highest BCUT2D eigenvalue weighted by atomic mass is 19.4. The second-order valence-corrected chi connectivity index (χ2v) is 6.74. The molecule has 1 nitrogen and oxygen atoms in total. The lowest BCUT2D eigenvalue weighted by Gasteiger charge is -2.12. The summed E-state index contributed by atoms with van der Waals surface area (Å²) in [4.78, 5) is 0. The summed E-state index contributed by atoms with van der Waals surface area (Å²) < 4.78 is 128. The van der Waals surface area contributed by atoms with Crippen LogP contribution in [0.3, 0.4) is 0 Å². The zero-order valence-corrected chi connectivity index (χ0v) is 16.6. The van der Waals surface area contributed by atoms with Crippen molar-refractivity contribution < 1.29 is 44.3 Å². The molecule has 0 heterocycles. The number of rotatable bonds is 5. The van der Waals surface area contributed by atoms with Gasteiger partial charge in [0.1, 0.15) is 40.7 Å². The second kappa shape index (κ2) is 9.21. The van der Waals surface area contributed by atoms with Crippen molar-refractivity contribution in [2.24, 2.45) is 0 Å². The van der Waals surface area contributed by atoms with Gasteiger partial charge in [0.05, 0.1) is 17.7 Å². The van der Waals surface area contributed by atoms with Crippen molar-refractivity contribution in [3.05, 3.63) is 82.9 Å². The van der Waals surface area contributed by atoms with Crippen LogP contribution in [0.15, 0.2) is 42.5 Å². The van der Waals surface area contributed by atoms with E-state index in [1.165, 1.54) is 0 Å². The summed E-state index contributed by atoms with van der Waals surface area (Å²) in [5, 5.41) is 0. The van der Waals surface area contributed by atoms with Crippen molar-refractivity contribution in [2.45, 2.75) is 13.1 Å². The van der Waals surface area contributed by atoms with Gasteiger partial charge in [-0.25, -0.2) is 26.3 Å². The van der Waals surface area contributed by atoms with E-state index in [1.807, 2.05) is 0 Å². The highest BCUT2D eigenvalue weighted by Gasteiger charge is 2.24. The molecule has 0 unspecified atom stereocenters. The summed E-state index contributed by atoms with van der Waals surface area (Å²) in [5.41, 5.74) is -3.95. The molecule has 0 aromatic heterocycles. The molecule has 0 aliphatic carbocycles. The normalized spacial score (nSPS) is 11.9. The van der Waals surface area contributed by atoms with Crippen LogP contribution in [-0.2, 0) is 0 Å². The van der Waals surface area contributed by atoms with E-state index in [0.29, 0.717) is 24.3 Å². The molecule has 0 bridgehead atoms. The zero-order valence-electron chi connectivity index (χ0n) is 16.6. The van der Waals surface area contributed by atoms with E-state index < -0.39 is 75.0 Å². The first-order valence-electron chi connectivity index (χ1n) is 9.28. The molecule has 0 spiro atoms. The Bertz CT molecular complexity index is 1160. The molecule has 0 saturated carbocycles. The van der Waals surface area contributed by atoms with Crippen LogP contribution in [0.2, 0.25) is 0 Å². The lowest BCUT2D eigenvalue weighted by molar-refractivity contribution is -0.0790. The van der Waals surface area contributed by atoms with Crippen LogP contribution in [0.5, 0.6) is 5.75 Å². The third-order valence-corrected chi connectivity index (χ3v) is 4.46. The van der Waals surface area contributed by atoms with Crippen LogP contribution in [0.25, 0.3) is 28.3 Å². The van der Waals surface area contributed by atoms with E-state index in [4.69, 9.17) is 4.74 Å². The van der Waals surface area contributed by atoms with Crippen molar-refractivity contribution in [1.82, 2.24) is 0 Å². The molecule has 0 saturated heterocycles. The SMILES string of the molecule is CCOc1cc(F)c(-c2cc(F)c(-c3cc(F)c(C=CC(F)(F)F)c(F)c3)c(F)c2)c(F)c1. The largest absolute Gasteiger partial charge is 0.494 e. The Morgan fingerprint density at radius 2 is 1.06 bits per heavy atom. The fourth-order valence-electron chi connectivity index (χ4n) is 3.13. The van der Waals surface area contributed by atoms with Gasteiger partial charge < -0.3 is 4.74 Å². The standard InChI is InChI=1S/C23H13F9O/c1-2-33-13-9-19(28)22(20(29)10-13)12-7-17(26)21(18(27)8-12)11-5-15(24)14(16(25)6-11)3-4-23(30,31)32/h3-10H,2H2,1H3. The van der Waals surface area contributed by atoms with Crippen molar-refractivity contribution in [3.63, 3.8) is 0 Å². The number of hydrogen-bond donors (Lipinski definition) is 0. The number of hydrogen-bond acceptors (Lipinski definition) is 1. The fraction of sp³-hybridized carbons (Fsp3) is 0.130. The van der Waals surface area contributed by atoms with Crippen molar-refractivity contribution >= 4 is 6.08 Å². The maximum absolute atomic E-state index is 14.7. The van der Waals surface area contributed by atoms with Gasteiger partial charge in [-0.2, -0.15) is 13.2 Å². The molecule has 0 fully saturated rings. The van der Waals surface area contributed by atoms with Gasteiger partial charge in [0, 0.05) is 23.8 Å². The van der Waals surface area contributed by atoms with Gasteiger partial charge in [0.15, 0.2) is 0 Å². The monoisotopic (exact) mass is 476 g/mol. The smallest absolute Gasteiger partial charge is 0.409 e.